The van der Waals surface area contributed by atoms with Crippen molar-refractivity contribution in [2.24, 2.45) is 0 Å². The van der Waals surface area contributed by atoms with Crippen LogP contribution in [-0.4, -0.2) is 23.0 Å². The molecule has 0 radical (unpaired) electrons. The Hall–Kier alpha value is -0.190. The average Bonchev–Trinajstić information content (AvgIpc) is 1.81. The number of hydrogen-bond acceptors (Lipinski definition) is 2. The van der Waals surface area contributed by atoms with Crippen molar-refractivity contribution in [3.05, 3.63) is 0 Å². The summed E-state index contributed by atoms with van der Waals surface area (Å²) in [6.07, 6.45) is -2.27. The third kappa shape index (κ3) is 9.73. The molecule has 0 amide bonds. The van der Waals surface area contributed by atoms with Gasteiger partial charge >= 0.3 is 0 Å². The molecule has 0 aliphatic rings. The summed E-state index contributed by atoms with van der Waals surface area (Å²) in [6, 6.07) is 0. The molecule has 1 atom stereocenters. The summed E-state index contributed by atoms with van der Waals surface area (Å²) >= 11 is 0.962. The van der Waals surface area contributed by atoms with Crippen molar-refractivity contribution >= 4 is 16.9 Å². The Kier molecular flexibility index (Phi) is 5.44. The first kappa shape index (κ1) is 12.8. The van der Waals surface area contributed by atoms with Crippen molar-refractivity contribution in [1.29, 1.82) is 0 Å². The second-order valence-corrected chi connectivity index (χ2v) is 4.27. The van der Waals surface area contributed by atoms with E-state index in [-0.39, 0.29) is 17.3 Å². The van der Waals surface area contributed by atoms with Crippen molar-refractivity contribution in [3.8, 4) is 0 Å². The smallest absolute Gasteiger partial charge is 0.248 e. The monoisotopic (exact) mass is 214 g/mol. The molecule has 0 aromatic rings. The summed E-state index contributed by atoms with van der Waals surface area (Å²) in [4.78, 5) is 10.4. The maximum Gasteiger partial charge on any atom is 0.248 e. The Morgan fingerprint density at radius 3 is 2.46 bits per heavy atom. The summed E-state index contributed by atoms with van der Waals surface area (Å²) in [5.74, 6) is -2.69. The zero-order valence-electron chi connectivity index (χ0n) is 7.65. The second kappa shape index (κ2) is 5.52. The molecule has 0 spiro atoms. The molecule has 0 aliphatic heterocycles. The minimum atomic E-state index is -2.96. The number of hydrogen-bond donors (Lipinski definition) is 0. The van der Waals surface area contributed by atoms with Crippen molar-refractivity contribution in [3.63, 3.8) is 0 Å². The largest absolute Gasteiger partial charge is 0.288 e. The molecule has 0 rings (SSSR count). The first-order valence-corrected chi connectivity index (χ1v) is 4.95. The summed E-state index contributed by atoms with van der Waals surface area (Å²) < 4.78 is 37.2. The van der Waals surface area contributed by atoms with E-state index in [2.05, 4.69) is 0 Å². The van der Waals surface area contributed by atoms with Gasteiger partial charge in [-0.05, 0) is 13.3 Å². The van der Waals surface area contributed by atoms with Crippen LogP contribution in [0.25, 0.3) is 0 Å². The molecule has 1 unspecified atom stereocenters. The van der Waals surface area contributed by atoms with Crippen LogP contribution in [0.1, 0.15) is 26.7 Å². The van der Waals surface area contributed by atoms with Gasteiger partial charge in [0.15, 0.2) is 5.12 Å². The topological polar surface area (TPSA) is 17.1 Å². The van der Waals surface area contributed by atoms with E-state index in [1.165, 1.54) is 6.92 Å². The lowest BCUT2D eigenvalue weighted by Crippen LogP contribution is -2.18. The molecule has 0 N–H and O–H groups in total. The van der Waals surface area contributed by atoms with Gasteiger partial charge in [-0.25, -0.2) is 13.2 Å². The van der Waals surface area contributed by atoms with E-state index >= 15 is 0 Å². The molecule has 1 nitrogen and oxygen atoms in total. The fraction of sp³-hybridized carbons (Fsp3) is 0.875. The lowest BCUT2D eigenvalue weighted by atomic mass is 10.1. The normalized spacial score (nSPS) is 14.2. The molecule has 5 heteroatoms. The number of halogens is 3. The molecule has 13 heavy (non-hydrogen) atoms. The van der Waals surface area contributed by atoms with Crippen LogP contribution in [0.2, 0.25) is 0 Å². The van der Waals surface area contributed by atoms with Gasteiger partial charge in [-0.1, -0.05) is 11.8 Å². The average molecular weight is 214 g/mol. The van der Waals surface area contributed by atoms with Gasteiger partial charge in [-0.2, -0.15) is 0 Å². The van der Waals surface area contributed by atoms with E-state index in [0.29, 0.717) is 6.92 Å². The molecule has 0 aromatic carbocycles. The number of thioether (sulfide) groups is 1. The van der Waals surface area contributed by atoms with Crippen LogP contribution >= 0.6 is 11.8 Å². The molecule has 0 saturated carbocycles. The molecule has 0 fully saturated rings. The zero-order chi connectivity index (χ0) is 10.5. The number of alkyl halides is 3. The highest BCUT2D eigenvalue weighted by molar-refractivity contribution is 8.13. The van der Waals surface area contributed by atoms with Crippen LogP contribution in [0.3, 0.4) is 0 Å². The van der Waals surface area contributed by atoms with E-state index in [1.807, 2.05) is 0 Å². The van der Waals surface area contributed by atoms with Gasteiger partial charge in [0.25, 0.3) is 0 Å². The molecule has 0 bridgehead atoms. The lowest BCUT2D eigenvalue weighted by Gasteiger charge is -2.12. The predicted octanol–water partition coefficient (Wildman–Crippen LogP) is 3.04. The van der Waals surface area contributed by atoms with Crippen molar-refractivity contribution in [2.75, 3.05) is 5.75 Å². The van der Waals surface area contributed by atoms with Crippen molar-refractivity contribution in [1.82, 2.24) is 0 Å². The fourth-order valence-electron chi connectivity index (χ4n) is 0.822. The number of carbonyl (C=O) groups is 1. The maximum absolute atomic E-state index is 12.7. The van der Waals surface area contributed by atoms with Gasteiger partial charge in [0.2, 0.25) is 5.92 Å². The van der Waals surface area contributed by atoms with Gasteiger partial charge in [0, 0.05) is 19.1 Å². The molecule has 0 aliphatic carbocycles. The van der Waals surface area contributed by atoms with E-state index in [4.69, 9.17) is 0 Å². The third-order valence-electron chi connectivity index (χ3n) is 1.32. The molecular weight excluding hydrogens is 201 g/mol. The molecule has 0 aromatic heterocycles. The summed E-state index contributed by atoms with van der Waals surface area (Å²) in [5, 5.41) is -0.115. The molecule has 0 heterocycles. The summed E-state index contributed by atoms with van der Waals surface area (Å²) in [5.41, 5.74) is 0. The Labute approximate surface area is 80.1 Å². The van der Waals surface area contributed by atoms with E-state index in [0.717, 1.165) is 11.8 Å². The van der Waals surface area contributed by atoms with Crippen LogP contribution in [0.15, 0.2) is 0 Å². The van der Waals surface area contributed by atoms with Crippen LogP contribution in [0.5, 0.6) is 0 Å². The highest BCUT2D eigenvalue weighted by Gasteiger charge is 2.26. The van der Waals surface area contributed by atoms with Gasteiger partial charge in [-0.15, -0.1) is 0 Å². The quantitative estimate of drug-likeness (QED) is 0.699. The fourth-order valence-corrected chi connectivity index (χ4v) is 1.48. The Morgan fingerprint density at radius 2 is 2.08 bits per heavy atom. The van der Waals surface area contributed by atoms with Crippen LogP contribution < -0.4 is 0 Å². The first-order valence-electron chi connectivity index (χ1n) is 3.96. The summed E-state index contributed by atoms with van der Waals surface area (Å²) in [6.45, 7) is 2.06. The van der Waals surface area contributed by atoms with E-state index in [9.17, 15) is 18.0 Å². The minimum Gasteiger partial charge on any atom is -0.288 e. The number of rotatable bonds is 5. The van der Waals surface area contributed by atoms with Crippen LogP contribution in [0.4, 0.5) is 13.2 Å². The Balaban J connectivity index is 3.52. The van der Waals surface area contributed by atoms with Gasteiger partial charge in [0.05, 0.1) is 0 Å². The van der Waals surface area contributed by atoms with Crippen LogP contribution in [0, 0.1) is 0 Å². The van der Waals surface area contributed by atoms with Crippen molar-refractivity contribution in [2.45, 2.75) is 38.8 Å². The first-order chi connectivity index (χ1) is 5.81. The highest BCUT2D eigenvalue weighted by atomic mass is 32.2. The van der Waals surface area contributed by atoms with Gasteiger partial charge in [-0.3, -0.25) is 4.79 Å². The lowest BCUT2D eigenvalue weighted by molar-refractivity contribution is -0.109. The Morgan fingerprint density at radius 1 is 1.54 bits per heavy atom. The van der Waals surface area contributed by atoms with Crippen LogP contribution in [-0.2, 0) is 4.79 Å². The van der Waals surface area contributed by atoms with Crippen molar-refractivity contribution < 1.29 is 18.0 Å². The minimum absolute atomic E-state index is 0.00762. The van der Waals surface area contributed by atoms with Gasteiger partial charge < -0.3 is 0 Å². The second-order valence-electron chi connectivity index (χ2n) is 3.00. The number of carbonyl (C=O) groups excluding carboxylic acids is 1. The molecule has 78 valence electrons. The zero-order valence-corrected chi connectivity index (χ0v) is 8.47. The Bertz CT molecular complexity index is 167. The predicted molar refractivity (Wildman–Crippen MR) is 47.9 cm³/mol. The highest BCUT2D eigenvalue weighted by Crippen LogP contribution is 2.23. The maximum atomic E-state index is 12.7. The SMILES string of the molecule is CC(=O)SCCC(F)CC(C)(F)F. The standard InChI is InChI=1S/C8H13F3OS/c1-6(12)13-4-3-7(9)5-8(2,10)11/h7H,3-5H2,1-2H3. The van der Waals surface area contributed by atoms with E-state index in [1.54, 1.807) is 0 Å². The summed E-state index contributed by atoms with van der Waals surface area (Å²) in [7, 11) is 0. The molecular formula is C8H13F3OS. The third-order valence-corrected chi connectivity index (χ3v) is 2.16. The van der Waals surface area contributed by atoms with E-state index < -0.39 is 18.5 Å². The van der Waals surface area contributed by atoms with Gasteiger partial charge in [0.1, 0.15) is 6.17 Å². The molecule has 0 saturated heterocycles.